The van der Waals surface area contributed by atoms with E-state index in [1.165, 1.54) is 0 Å². The number of halogens is 1. The average Bonchev–Trinajstić information content (AvgIpc) is 2.17. The van der Waals surface area contributed by atoms with Gasteiger partial charge in [-0.1, -0.05) is 37.6 Å². The van der Waals surface area contributed by atoms with E-state index in [4.69, 9.17) is 16.7 Å². The van der Waals surface area contributed by atoms with Crippen LogP contribution in [0, 0.1) is 0 Å². The van der Waals surface area contributed by atoms with Crippen LogP contribution in [0.1, 0.15) is 19.4 Å². The fourth-order valence-electron chi connectivity index (χ4n) is 1.30. The molecule has 1 atom stereocenters. The molecule has 1 unspecified atom stereocenters. The summed E-state index contributed by atoms with van der Waals surface area (Å²) in [7, 11) is 0. The highest BCUT2D eigenvalue weighted by atomic mass is 35.5. The van der Waals surface area contributed by atoms with Gasteiger partial charge in [0.15, 0.2) is 0 Å². The standard InChI is InChI=1S/C11H15ClO2/c1-11(2,10(14)7-13)8-3-5-9(12)6-4-8/h3-6,10,13-14H,7H2,1-2H3. The molecule has 1 aromatic rings. The highest BCUT2D eigenvalue weighted by Gasteiger charge is 2.28. The summed E-state index contributed by atoms with van der Waals surface area (Å²) in [6.45, 7) is 3.53. The molecule has 0 saturated carbocycles. The molecule has 0 radical (unpaired) electrons. The summed E-state index contributed by atoms with van der Waals surface area (Å²) in [6.07, 6.45) is -0.760. The maximum atomic E-state index is 9.63. The molecule has 0 aliphatic heterocycles. The van der Waals surface area contributed by atoms with Crippen molar-refractivity contribution in [2.45, 2.75) is 25.4 Å². The normalized spacial score (nSPS) is 14.1. The highest BCUT2D eigenvalue weighted by Crippen LogP contribution is 2.27. The van der Waals surface area contributed by atoms with Gasteiger partial charge in [0.05, 0.1) is 12.7 Å². The number of hydrogen-bond acceptors (Lipinski definition) is 2. The third kappa shape index (κ3) is 2.27. The second kappa shape index (κ2) is 4.30. The van der Waals surface area contributed by atoms with Crippen molar-refractivity contribution in [1.82, 2.24) is 0 Å². The third-order valence-corrected chi connectivity index (χ3v) is 2.85. The fraction of sp³-hybridized carbons (Fsp3) is 0.455. The van der Waals surface area contributed by atoms with Crippen molar-refractivity contribution in [2.24, 2.45) is 0 Å². The van der Waals surface area contributed by atoms with Gasteiger partial charge in [0, 0.05) is 10.4 Å². The molecule has 0 spiro atoms. The average molecular weight is 215 g/mol. The van der Waals surface area contributed by atoms with E-state index in [1.54, 1.807) is 12.1 Å². The Morgan fingerprint density at radius 3 is 2.21 bits per heavy atom. The Morgan fingerprint density at radius 2 is 1.79 bits per heavy atom. The predicted molar refractivity (Wildman–Crippen MR) is 57.6 cm³/mol. The summed E-state index contributed by atoms with van der Waals surface area (Å²) < 4.78 is 0. The van der Waals surface area contributed by atoms with Crippen LogP contribution in [-0.4, -0.2) is 22.9 Å². The van der Waals surface area contributed by atoms with Gasteiger partial charge < -0.3 is 10.2 Å². The fourth-order valence-corrected chi connectivity index (χ4v) is 1.43. The summed E-state index contributed by atoms with van der Waals surface area (Å²) >= 11 is 5.76. The maximum Gasteiger partial charge on any atom is 0.0861 e. The van der Waals surface area contributed by atoms with Crippen molar-refractivity contribution >= 4 is 11.6 Å². The van der Waals surface area contributed by atoms with Gasteiger partial charge >= 0.3 is 0 Å². The molecule has 0 fully saturated rings. The van der Waals surface area contributed by atoms with Crippen LogP contribution >= 0.6 is 11.6 Å². The lowest BCUT2D eigenvalue weighted by Gasteiger charge is -2.29. The van der Waals surface area contributed by atoms with Gasteiger partial charge in [-0.2, -0.15) is 0 Å². The van der Waals surface area contributed by atoms with Crippen LogP contribution in [0.5, 0.6) is 0 Å². The Labute approximate surface area is 89.1 Å². The SMILES string of the molecule is CC(C)(c1ccc(Cl)cc1)C(O)CO. The molecular weight excluding hydrogens is 200 g/mol. The van der Waals surface area contributed by atoms with Gasteiger partial charge in [-0.25, -0.2) is 0 Å². The summed E-state index contributed by atoms with van der Waals surface area (Å²) in [5.74, 6) is 0. The summed E-state index contributed by atoms with van der Waals surface area (Å²) in [6, 6.07) is 7.29. The molecule has 0 aliphatic rings. The maximum absolute atomic E-state index is 9.63. The van der Waals surface area contributed by atoms with Crippen LogP contribution in [0.15, 0.2) is 24.3 Å². The smallest absolute Gasteiger partial charge is 0.0861 e. The summed E-state index contributed by atoms with van der Waals surface area (Å²) in [5.41, 5.74) is 0.503. The van der Waals surface area contributed by atoms with Crippen molar-refractivity contribution < 1.29 is 10.2 Å². The molecular formula is C11H15ClO2. The molecule has 78 valence electrons. The minimum atomic E-state index is -0.760. The Balaban J connectivity index is 2.97. The number of rotatable bonds is 3. The van der Waals surface area contributed by atoms with Crippen molar-refractivity contribution in [2.75, 3.05) is 6.61 Å². The van der Waals surface area contributed by atoms with Crippen molar-refractivity contribution in [3.63, 3.8) is 0 Å². The molecule has 0 aliphatic carbocycles. The molecule has 3 heteroatoms. The highest BCUT2D eigenvalue weighted by molar-refractivity contribution is 6.30. The lowest BCUT2D eigenvalue weighted by atomic mass is 9.80. The van der Waals surface area contributed by atoms with Crippen molar-refractivity contribution in [3.8, 4) is 0 Å². The van der Waals surface area contributed by atoms with E-state index in [2.05, 4.69) is 0 Å². The van der Waals surface area contributed by atoms with E-state index in [0.717, 1.165) is 5.56 Å². The molecule has 0 bridgehead atoms. The molecule has 0 aromatic heterocycles. The Morgan fingerprint density at radius 1 is 1.29 bits per heavy atom. The zero-order chi connectivity index (χ0) is 10.8. The summed E-state index contributed by atoms with van der Waals surface area (Å²) in [5, 5.41) is 19.2. The Hall–Kier alpha value is -0.570. The molecule has 1 aromatic carbocycles. The third-order valence-electron chi connectivity index (χ3n) is 2.59. The number of benzene rings is 1. The largest absolute Gasteiger partial charge is 0.394 e. The van der Waals surface area contributed by atoms with Gasteiger partial charge in [0.2, 0.25) is 0 Å². The monoisotopic (exact) mass is 214 g/mol. The first-order valence-corrected chi connectivity index (χ1v) is 4.91. The van der Waals surface area contributed by atoms with E-state index < -0.39 is 11.5 Å². The number of aliphatic hydroxyl groups excluding tert-OH is 2. The first-order valence-electron chi connectivity index (χ1n) is 4.53. The van der Waals surface area contributed by atoms with Crippen LogP contribution in [0.25, 0.3) is 0 Å². The first kappa shape index (κ1) is 11.5. The van der Waals surface area contributed by atoms with E-state index in [-0.39, 0.29) is 6.61 Å². The van der Waals surface area contributed by atoms with Crippen LogP contribution in [0.2, 0.25) is 5.02 Å². The zero-order valence-corrected chi connectivity index (χ0v) is 9.12. The van der Waals surface area contributed by atoms with Crippen LogP contribution < -0.4 is 0 Å². The predicted octanol–water partition coefficient (Wildman–Crippen LogP) is 1.97. The van der Waals surface area contributed by atoms with Crippen LogP contribution in [0.4, 0.5) is 0 Å². The minimum Gasteiger partial charge on any atom is -0.394 e. The van der Waals surface area contributed by atoms with E-state index in [1.807, 2.05) is 26.0 Å². The van der Waals surface area contributed by atoms with Gasteiger partial charge in [0.25, 0.3) is 0 Å². The molecule has 14 heavy (non-hydrogen) atoms. The van der Waals surface area contributed by atoms with Crippen molar-refractivity contribution in [3.05, 3.63) is 34.9 Å². The number of hydrogen-bond donors (Lipinski definition) is 2. The quantitative estimate of drug-likeness (QED) is 0.808. The minimum absolute atomic E-state index is 0.240. The van der Waals surface area contributed by atoms with E-state index in [9.17, 15) is 5.11 Å². The second-order valence-corrected chi connectivity index (χ2v) is 4.36. The van der Waals surface area contributed by atoms with Gasteiger partial charge in [-0.05, 0) is 17.7 Å². The lowest BCUT2D eigenvalue weighted by molar-refractivity contribution is 0.0412. The molecule has 2 nitrogen and oxygen atoms in total. The molecule has 0 saturated heterocycles. The first-order chi connectivity index (χ1) is 6.48. The zero-order valence-electron chi connectivity index (χ0n) is 8.37. The van der Waals surface area contributed by atoms with E-state index in [0.29, 0.717) is 5.02 Å². The molecule has 0 amide bonds. The van der Waals surface area contributed by atoms with Crippen LogP contribution in [0.3, 0.4) is 0 Å². The summed E-state index contributed by atoms with van der Waals surface area (Å²) in [4.78, 5) is 0. The molecule has 2 N–H and O–H groups in total. The van der Waals surface area contributed by atoms with Gasteiger partial charge in [-0.3, -0.25) is 0 Å². The van der Waals surface area contributed by atoms with Gasteiger partial charge in [0.1, 0.15) is 0 Å². The van der Waals surface area contributed by atoms with Gasteiger partial charge in [-0.15, -0.1) is 0 Å². The molecule has 1 rings (SSSR count). The Kier molecular flexibility index (Phi) is 3.53. The topological polar surface area (TPSA) is 40.5 Å². The molecule has 0 heterocycles. The lowest BCUT2D eigenvalue weighted by Crippen LogP contribution is -2.36. The van der Waals surface area contributed by atoms with Crippen molar-refractivity contribution in [1.29, 1.82) is 0 Å². The van der Waals surface area contributed by atoms with E-state index >= 15 is 0 Å². The van der Waals surface area contributed by atoms with Crippen LogP contribution in [-0.2, 0) is 5.41 Å². The number of aliphatic hydroxyl groups is 2. The Bertz CT molecular complexity index is 293. The second-order valence-electron chi connectivity index (χ2n) is 3.93.